The molecule has 2 aromatic heterocycles. The van der Waals surface area contributed by atoms with Gasteiger partial charge in [0.25, 0.3) is 0 Å². The summed E-state index contributed by atoms with van der Waals surface area (Å²) in [6, 6.07) is 14.9. The fraction of sp³-hybridized carbons (Fsp3) is 0.333. The maximum absolute atomic E-state index is 10.6. The van der Waals surface area contributed by atoms with Crippen LogP contribution in [-0.2, 0) is 29.2 Å². The number of carboxylic acids is 2. The molecule has 38 heavy (non-hydrogen) atoms. The molecule has 1 aliphatic heterocycles. The number of alkyl halides is 6. The first kappa shape index (κ1) is 30.3. The van der Waals surface area contributed by atoms with Gasteiger partial charge in [0, 0.05) is 30.9 Å². The van der Waals surface area contributed by atoms with E-state index >= 15 is 0 Å². The summed E-state index contributed by atoms with van der Waals surface area (Å²) in [5.41, 5.74) is 5.97. The number of carboxylic acid groups (broad SMARTS) is 2. The van der Waals surface area contributed by atoms with Gasteiger partial charge in [-0.25, -0.2) is 14.6 Å². The lowest BCUT2D eigenvalue weighted by atomic mass is 10.1. The van der Waals surface area contributed by atoms with Crippen molar-refractivity contribution in [1.82, 2.24) is 19.4 Å². The summed E-state index contributed by atoms with van der Waals surface area (Å²) in [6.07, 6.45) is -8.15. The molecule has 0 amide bonds. The van der Waals surface area contributed by atoms with E-state index < -0.39 is 24.3 Å². The highest BCUT2D eigenvalue weighted by atomic mass is 19.4. The molecule has 0 saturated carbocycles. The summed E-state index contributed by atoms with van der Waals surface area (Å²) in [6.45, 7) is 7.94. The van der Waals surface area contributed by atoms with E-state index in [1.165, 1.54) is 16.8 Å². The van der Waals surface area contributed by atoms with Gasteiger partial charge in [-0.2, -0.15) is 26.3 Å². The van der Waals surface area contributed by atoms with E-state index in [9.17, 15) is 26.3 Å². The van der Waals surface area contributed by atoms with Crippen molar-refractivity contribution in [3.8, 4) is 11.3 Å². The van der Waals surface area contributed by atoms with Crippen molar-refractivity contribution in [3.05, 3.63) is 71.4 Å². The number of aromatic nitrogens is 3. The van der Waals surface area contributed by atoms with Gasteiger partial charge in [-0.15, -0.1) is 0 Å². The average Bonchev–Trinajstić information content (AvgIpc) is 3.22. The third kappa shape index (κ3) is 9.18. The fourth-order valence-electron chi connectivity index (χ4n) is 3.40. The van der Waals surface area contributed by atoms with E-state index in [1.807, 2.05) is 19.2 Å². The maximum Gasteiger partial charge on any atom is 0.490 e. The van der Waals surface area contributed by atoms with Crippen molar-refractivity contribution in [2.24, 2.45) is 0 Å². The number of carbonyl (C=O) groups is 2. The van der Waals surface area contributed by atoms with Crippen LogP contribution in [0.2, 0.25) is 0 Å². The molecular weight excluding hydrogens is 522 g/mol. The number of nitrogens with zero attached hydrogens (tertiary/aromatic N) is 4. The molecule has 0 radical (unpaired) electrons. The quantitative estimate of drug-likeness (QED) is 0.453. The fourth-order valence-corrected chi connectivity index (χ4v) is 3.40. The number of pyridine rings is 1. The Kier molecular flexibility index (Phi) is 9.99. The van der Waals surface area contributed by atoms with Crippen molar-refractivity contribution >= 4 is 11.9 Å². The number of hydrogen-bond acceptors (Lipinski definition) is 5. The predicted octanol–water partition coefficient (Wildman–Crippen LogP) is 4.84. The Morgan fingerprint density at radius 2 is 1.50 bits per heavy atom. The molecule has 0 unspecified atom stereocenters. The van der Waals surface area contributed by atoms with Gasteiger partial charge in [-0.05, 0) is 32.0 Å². The van der Waals surface area contributed by atoms with Crippen LogP contribution in [0.4, 0.5) is 26.3 Å². The van der Waals surface area contributed by atoms with E-state index in [0.29, 0.717) is 0 Å². The molecule has 0 aliphatic carbocycles. The van der Waals surface area contributed by atoms with Crippen LogP contribution in [-0.4, -0.2) is 60.5 Å². The first-order chi connectivity index (χ1) is 17.6. The summed E-state index contributed by atoms with van der Waals surface area (Å²) >= 11 is 0. The van der Waals surface area contributed by atoms with Gasteiger partial charge in [0.05, 0.1) is 24.1 Å². The van der Waals surface area contributed by atoms with Crippen molar-refractivity contribution in [2.75, 3.05) is 6.54 Å². The first-order valence-electron chi connectivity index (χ1n) is 10.9. The number of rotatable bonds is 3. The van der Waals surface area contributed by atoms with Gasteiger partial charge < -0.3 is 14.8 Å². The molecule has 3 aromatic rings. The molecule has 3 heterocycles. The molecule has 2 N–H and O–H groups in total. The normalized spacial score (nSPS) is 13.4. The summed E-state index contributed by atoms with van der Waals surface area (Å²) in [5, 5.41) is 14.2. The molecule has 0 fully saturated rings. The molecule has 1 aromatic carbocycles. The van der Waals surface area contributed by atoms with Crippen molar-refractivity contribution < 1.29 is 46.1 Å². The second-order valence-corrected chi connectivity index (χ2v) is 8.17. The molecule has 4 rings (SSSR count). The SMILES string of the molecule is Cc1cccc(-c2cnc3n2CCN(Cc2cccc(C)n2)C3)c1.O=C(O)C(F)(F)F.O=C(O)C(F)(F)F. The van der Waals surface area contributed by atoms with Crippen LogP contribution in [0, 0.1) is 13.8 Å². The van der Waals surface area contributed by atoms with E-state index in [0.717, 1.165) is 43.4 Å². The lowest BCUT2D eigenvalue weighted by Gasteiger charge is -2.28. The van der Waals surface area contributed by atoms with Crippen molar-refractivity contribution in [1.29, 1.82) is 0 Å². The van der Waals surface area contributed by atoms with E-state index in [4.69, 9.17) is 19.8 Å². The van der Waals surface area contributed by atoms with Gasteiger partial charge in [-0.1, -0.05) is 29.8 Å². The number of aliphatic carboxylic acids is 2. The lowest BCUT2D eigenvalue weighted by Crippen LogP contribution is -2.33. The Morgan fingerprint density at radius 3 is 2.03 bits per heavy atom. The topological polar surface area (TPSA) is 109 Å². The average molecular weight is 546 g/mol. The highest BCUT2D eigenvalue weighted by Gasteiger charge is 2.38. The van der Waals surface area contributed by atoms with Gasteiger partial charge in [0.1, 0.15) is 5.82 Å². The third-order valence-electron chi connectivity index (χ3n) is 5.07. The minimum absolute atomic E-state index is 0.876. The summed E-state index contributed by atoms with van der Waals surface area (Å²) in [5.74, 6) is -4.37. The Labute approximate surface area is 213 Å². The summed E-state index contributed by atoms with van der Waals surface area (Å²) in [7, 11) is 0. The smallest absolute Gasteiger partial charge is 0.475 e. The molecule has 0 atom stereocenters. The van der Waals surface area contributed by atoms with E-state index in [2.05, 4.69) is 62.8 Å². The Hall–Kier alpha value is -3.94. The van der Waals surface area contributed by atoms with Gasteiger partial charge in [-0.3, -0.25) is 9.88 Å². The van der Waals surface area contributed by atoms with Crippen LogP contribution in [0.5, 0.6) is 0 Å². The monoisotopic (exact) mass is 546 g/mol. The van der Waals surface area contributed by atoms with Crippen LogP contribution in [0.25, 0.3) is 11.3 Å². The van der Waals surface area contributed by atoms with Crippen molar-refractivity contribution in [2.45, 2.75) is 45.8 Å². The van der Waals surface area contributed by atoms with Gasteiger partial charge >= 0.3 is 24.3 Å². The number of imidazole rings is 1. The minimum atomic E-state index is -5.08. The summed E-state index contributed by atoms with van der Waals surface area (Å²) < 4.78 is 65.8. The zero-order valence-corrected chi connectivity index (χ0v) is 20.2. The molecule has 206 valence electrons. The van der Waals surface area contributed by atoms with E-state index in [-0.39, 0.29) is 0 Å². The highest BCUT2D eigenvalue weighted by Crippen LogP contribution is 2.25. The zero-order chi connectivity index (χ0) is 28.7. The highest BCUT2D eigenvalue weighted by molar-refractivity contribution is 5.73. The summed E-state index contributed by atoms with van der Waals surface area (Å²) in [4.78, 5) is 29.5. The third-order valence-corrected chi connectivity index (χ3v) is 5.07. The van der Waals surface area contributed by atoms with Crippen LogP contribution in [0.3, 0.4) is 0 Å². The largest absolute Gasteiger partial charge is 0.490 e. The second kappa shape index (κ2) is 12.5. The van der Waals surface area contributed by atoms with Crippen LogP contribution >= 0.6 is 0 Å². The second-order valence-electron chi connectivity index (χ2n) is 8.17. The van der Waals surface area contributed by atoms with E-state index in [1.54, 1.807) is 0 Å². The first-order valence-corrected chi connectivity index (χ1v) is 10.9. The molecule has 1 aliphatic rings. The molecule has 0 bridgehead atoms. The predicted molar refractivity (Wildman–Crippen MR) is 123 cm³/mol. The molecular formula is C24H24F6N4O4. The maximum atomic E-state index is 10.6. The van der Waals surface area contributed by atoms with Crippen LogP contribution in [0.1, 0.15) is 22.8 Å². The van der Waals surface area contributed by atoms with Crippen LogP contribution < -0.4 is 0 Å². The Morgan fingerprint density at radius 1 is 0.921 bits per heavy atom. The Bertz CT molecular complexity index is 1230. The van der Waals surface area contributed by atoms with Crippen LogP contribution in [0.15, 0.2) is 48.7 Å². The molecule has 0 spiro atoms. The number of hydrogen-bond donors (Lipinski definition) is 2. The Balaban J connectivity index is 0.000000301. The standard InChI is InChI=1S/C20H22N4.2C2HF3O2/c1-15-5-3-7-17(11-15)19-12-21-20-14-23(9-10-24(19)20)13-18-8-4-6-16(2)22-18;2*3-2(4,5)1(6)7/h3-8,11-12H,9-10,13-14H2,1-2H3;2*(H,6,7). The lowest BCUT2D eigenvalue weighted by molar-refractivity contribution is -0.193. The minimum Gasteiger partial charge on any atom is -0.475 e. The molecule has 8 nitrogen and oxygen atoms in total. The van der Waals surface area contributed by atoms with Gasteiger partial charge in [0.2, 0.25) is 0 Å². The zero-order valence-electron chi connectivity index (χ0n) is 20.2. The number of fused-ring (bicyclic) bond motifs is 1. The van der Waals surface area contributed by atoms with Crippen molar-refractivity contribution in [3.63, 3.8) is 0 Å². The number of halogens is 6. The van der Waals surface area contributed by atoms with Gasteiger partial charge in [0.15, 0.2) is 0 Å². The molecule has 0 saturated heterocycles. The number of benzene rings is 1. The number of aryl methyl sites for hydroxylation is 2. The molecule has 14 heteroatoms.